The van der Waals surface area contributed by atoms with E-state index < -0.39 is 0 Å². The van der Waals surface area contributed by atoms with Crippen LogP contribution in [-0.2, 0) is 0 Å². The second kappa shape index (κ2) is 3.78. The summed E-state index contributed by atoms with van der Waals surface area (Å²) in [5.41, 5.74) is 0.951. The molecule has 1 aromatic carbocycles. The van der Waals surface area contributed by atoms with Gasteiger partial charge in [-0.05, 0) is 0 Å². The van der Waals surface area contributed by atoms with E-state index in [9.17, 15) is 10.1 Å². The standard InChI is InChI=1S/C10H7NO2Se/c12-11(13)9-5-2-1-4-8(9)10-6-3-7-14-10/h1-7H. The molecule has 0 bridgehead atoms. The fourth-order valence-electron chi connectivity index (χ4n) is 1.27. The van der Waals surface area contributed by atoms with Gasteiger partial charge in [0, 0.05) is 0 Å². The Balaban J connectivity index is 2.58. The number of hydrogen-bond acceptors (Lipinski definition) is 2. The molecule has 14 heavy (non-hydrogen) atoms. The summed E-state index contributed by atoms with van der Waals surface area (Å²) in [4.78, 5) is 12.5. The predicted molar refractivity (Wildman–Crippen MR) is 55.5 cm³/mol. The van der Waals surface area contributed by atoms with Crippen LogP contribution in [0.25, 0.3) is 10.0 Å². The molecule has 0 saturated heterocycles. The Hall–Kier alpha value is -1.38. The summed E-state index contributed by atoms with van der Waals surface area (Å²) in [6.45, 7) is 0. The Morgan fingerprint density at radius 1 is 1.14 bits per heavy atom. The fourth-order valence-corrected chi connectivity index (χ4v) is 2.87. The van der Waals surface area contributed by atoms with Gasteiger partial charge in [0.25, 0.3) is 0 Å². The van der Waals surface area contributed by atoms with Crippen molar-refractivity contribution < 1.29 is 4.92 Å². The second-order valence-electron chi connectivity index (χ2n) is 2.75. The summed E-state index contributed by atoms with van der Waals surface area (Å²) in [6.07, 6.45) is 0. The average Bonchev–Trinajstić information content (AvgIpc) is 2.70. The zero-order valence-electron chi connectivity index (χ0n) is 7.21. The Morgan fingerprint density at radius 3 is 2.57 bits per heavy atom. The molecule has 0 fully saturated rings. The quantitative estimate of drug-likeness (QED) is 0.467. The first-order chi connectivity index (χ1) is 6.79. The molecule has 0 aliphatic rings. The van der Waals surface area contributed by atoms with Crippen LogP contribution in [-0.4, -0.2) is 19.4 Å². The zero-order chi connectivity index (χ0) is 9.97. The van der Waals surface area contributed by atoms with Gasteiger partial charge >= 0.3 is 86.6 Å². The maximum atomic E-state index is 10.7. The molecule has 0 aliphatic heterocycles. The molecule has 0 radical (unpaired) electrons. The number of nitro benzene ring substituents is 1. The summed E-state index contributed by atoms with van der Waals surface area (Å²) in [5.74, 6) is 0. The van der Waals surface area contributed by atoms with Crippen LogP contribution in [0.1, 0.15) is 0 Å². The summed E-state index contributed by atoms with van der Waals surface area (Å²) in [7, 11) is 0. The van der Waals surface area contributed by atoms with Crippen LogP contribution in [0.5, 0.6) is 0 Å². The summed E-state index contributed by atoms with van der Waals surface area (Å²) >= 11 is 0.242. The van der Waals surface area contributed by atoms with Crippen molar-refractivity contribution in [3.05, 3.63) is 51.5 Å². The first kappa shape index (κ1) is 9.19. The van der Waals surface area contributed by atoms with E-state index in [0.29, 0.717) is 0 Å². The van der Waals surface area contributed by atoms with Crippen LogP contribution in [0, 0.1) is 10.1 Å². The Bertz CT molecular complexity index is 451. The zero-order valence-corrected chi connectivity index (χ0v) is 8.93. The van der Waals surface area contributed by atoms with Gasteiger partial charge in [-0.3, -0.25) is 0 Å². The first-order valence-corrected chi connectivity index (χ1v) is 5.91. The van der Waals surface area contributed by atoms with Gasteiger partial charge in [-0.15, -0.1) is 0 Å². The number of nitro groups is 1. The molecular weight excluding hydrogens is 245 g/mol. The third-order valence-electron chi connectivity index (χ3n) is 1.89. The third-order valence-corrected chi connectivity index (χ3v) is 3.78. The van der Waals surface area contributed by atoms with E-state index in [0.717, 1.165) is 10.0 Å². The van der Waals surface area contributed by atoms with Crippen molar-refractivity contribution in [3.8, 4) is 10.0 Å². The van der Waals surface area contributed by atoms with Crippen LogP contribution in [0.15, 0.2) is 41.3 Å². The molecule has 0 unspecified atom stereocenters. The van der Waals surface area contributed by atoms with Gasteiger partial charge in [-0.25, -0.2) is 0 Å². The molecule has 0 amide bonds. The van der Waals surface area contributed by atoms with Crippen molar-refractivity contribution in [1.82, 2.24) is 0 Å². The topological polar surface area (TPSA) is 43.1 Å². The summed E-state index contributed by atoms with van der Waals surface area (Å²) in [6, 6.07) is 10.8. The molecule has 2 rings (SSSR count). The van der Waals surface area contributed by atoms with Gasteiger partial charge in [0.15, 0.2) is 0 Å². The number of para-hydroxylation sites is 1. The van der Waals surface area contributed by atoms with E-state index in [4.69, 9.17) is 0 Å². The van der Waals surface area contributed by atoms with E-state index in [1.54, 1.807) is 18.2 Å². The molecule has 4 heteroatoms. The van der Waals surface area contributed by atoms with Crippen molar-refractivity contribution in [1.29, 1.82) is 0 Å². The van der Waals surface area contributed by atoms with Crippen LogP contribution in [0.2, 0.25) is 0 Å². The first-order valence-electron chi connectivity index (χ1n) is 4.06. The number of benzene rings is 1. The molecular formula is C10H7NO2Se. The Morgan fingerprint density at radius 2 is 1.93 bits per heavy atom. The monoisotopic (exact) mass is 253 g/mol. The van der Waals surface area contributed by atoms with Gasteiger partial charge in [0.2, 0.25) is 0 Å². The SMILES string of the molecule is O=[N+]([O-])c1ccccc1-c1ccc[se]1. The van der Waals surface area contributed by atoms with E-state index >= 15 is 0 Å². The third kappa shape index (κ3) is 1.62. The molecule has 0 aliphatic carbocycles. The maximum absolute atomic E-state index is 10.7. The van der Waals surface area contributed by atoms with E-state index in [-0.39, 0.29) is 25.1 Å². The van der Waals surface area contributed by atoms with Crippen molar-refractivity contribution in [2.75, 3.05) is 0 Å². The molecule has 1 heterocycles. The van der Waals surface area contributed by atoms with E-state index in [1.807, 2.05) is 18.2 Å². The van der Waals surface area contributed by atoms with Crippen molar-refractivity contribution >= 4 is 20.2 Å². The van der Waals surface area contributed by atoms with Crippen LogP contribution >= 0.6 is 0 Å². The van der Waals surface area contributed by atoms with Crippen LogP contribution in [0.3, 0.4) is 0 Å². The van der Waals surface area contributed by atoms with E-state index in [1.165, 1.54) is 0 Å². The number of nitrogens with zero attached hydrogens (tertiary/aromatic N) is 1. The van der Waals surface area contributed by atoms with Gasteiger partial charge in [-0.2, -0.15) is 0 Å². The summed E-state index contributed by atoms with van der Waals surface area (Å²) < 4.78 is 1.07. The molecule has 0 N–H and O–H groups in total. The van der Waals surface area contributed by atoms with Crippen molar-refractivity contribution in [2.45, 2.75) is 0 Å². The molecule has 2 aromatic rings. The van der Waals surface area contributed by atoms with Crippen molar-refractivity contribution in [3.63, 3.8) is 0 Å². The molecule has 0 saturated carbocycles. The van der Waals surface area contributed by atoms with Gasteiger partial charge < -0.3 is 0 Å². The normalized spacial score (nSPS) is 10.0. The van der Waals surface area contributed by atoms with Gasteiger partial charge in [0.05, 0.1) is 0 Å². The Labute approximate surface area is 86.9 Å². The fraction of sp³-hybridized carbons (Fsp3) is 0. The number of hydrogen-bond donors (Lipinski definition) is 0. The molecule has 3 nitrogen and oxygen atoms in total. The average molecular weight is 252 g/mol. The minimum atomic E-state index is -0.329. The molecule has 70 valence electrons. The summed E-state index contributed by atoms with van der Waals surface area (Å²) in [5, 5.41) is 10.7. The van der Waals surface area contributed by atoms with Gasteiger partial charge in [-0.1, -0.05) is 0 Å². The van der Waals surface area contributed by atoms with E-state index in [2.05, 4.69) is 4.94 Å². The molecule has 1 aromatic heterocycles. The Kier molecular flexibility index (Phi) is 2.48. The molecule has 0 spiro atoms. The second-order valence-corrected chi connectivity index (χ2v) is 4.74. The van der Waals surface area contributed by atoms with Crippen LogP contribution < -0.4 is 0 Å². The number of rotatable bonds is 2. The van der Waals surface area contributed by atoms with Crippen LogP contribution in [0.4, 0.5) is 5.69 Å². The predicted octanol–water partition coefficient (Wildman–Crippen LogP) is 2.32. The molecule has 0 atom stereocenters. The van der Waals surface area contributed by atoms with Crippen molar-refractivity contribution in [2.24, 2.45) is 0 Å². The van der Waals surface area contributed by atoms with Gasteiger partial charge in [0.1, 0.15) is 0 Å². The minimum absolute atomic E-state index is 0.198.